The molecule has 0 aromatic rings. The number of hydrogen-bond donors (Lipinski definition) is 0. The van der Waals surface area contributed by atoms with Crippen LogP contribution in [0.5, 0.6) is 0 Å². The SMILES string of the molecule is CC(C)N(CCC#N)CN1C(=O)C2=C(CCCC2)C1=O. The van der Waals surface area contributed by atoms with E-state index in [-0.39, 0.29) is 17.9 Å². The van der Waals surface area contributed by atoms with Gasteiger partial charge in [-0.05, 0) is 39.5 Å². The number of nitriles is 1. The molecule has 5 nitrogen and oxygen atoms in total. The molecule has 2 rings (SSSR count). The Hall–Kier alpha value is -1.67. The van der Waals surface area contributed by atoms with Crippen LogP contribution >= 0.6 is 0 Å². The van der Waals surface area contributed by atoms with Crippen molar-refractivity contribution in [3.8, 4) is 6.07 Å². The quantitative estimate of drug-likeness (QED) is 0.718. The van der Waals surface area contributed by atoms with Crippen LogP contribution < -0.4 is 0 Å². The van der Waals surface area contributed by atoms with Crippen molar-refractivity contribution in [2.45, 2.75) is 52.0 Å². The molecule has 2 amide bonds. The van der Waals surface area contributed by atoms with Gasteiger partial charge < -0.3 is 0 Å². The first-order valence-corrected chi connectivity index (χ1v) is 7.25. The van der Waals surface area contributed by atoms with Crippen molar-refractivity contribution in [3.63, 3.8) is 0 Å². The van der Waals surface area contributed by atoms with Gasteiger partial charge in [0, 0.05) is 30.2 Å². The fourth-order valence-corrected chi connectivity index (χ4v) is 2.79. The standard InChI is InChI=1S/C15H21N3O2/c1-11(2)17(9-5-8-16)10-18-14(19)12-6-3-4-7-13(12)15(18)20/h11H,3-7,9-10H2,1-2H3. The Bertz CT molecular complexity index is 460. The Balaban J connectivity index is 2.08. The Kier molecular flexibility index (Phi) is 4.56. The predicted octanol–water partition coefficient (Wildman–Crippen LogP) is 1.81. The van der Waals surface area contributed by atoms with Crippen molar-refractivity contribution >= 4 is 11.8 Å². The highest BCUT2D eigenvalue weighted by Gasteiger charge is 2.39. The molecule has 20 heavy (non-hydrogen) atoms. The summed E-state index contributed by atoms with van der Waals surface area (Å²) in [7, 11) is 0. The summed E-state index contributed by atoms with van der Waals surface area (Å²) in [6, 6.07) is 2.31. The summed E-state index contributed by atoms with van der Waals surface area (Å²) < 4.78 is 0. The van der Waals surface area contributed by atoms with Gasteiger partial charge in [0.1, 0.15) is 0 Å². The lowest BCUT2D eigenvalue weighted by molar-refractivity contribution is -0.140. The van der Waals surface area contributed by atoms with Gasteiger partial charge in [0.05, 0.1) is 12.7 Å². The summed E-state index contributed by atoms with van der Waals surface area (Å²) in [5, 5.41) is 8.70. The lowest BCUT2D eigenvalue weighted by atomic mass is 9.93. The van der Waals surface area contributed by atoms with Crippen LogP contribution in [0.25, 0.3) is 0 Å². The molecule has 0 fully saturated rings. The lowest BCUT2D eigenvalue weighted by Gasteiger charge is -2.29. The number of hydrogen-bond acceptors (Lipinski definition) is 4. The number of rotatable bonds is 5. The van der Waals surface area contributed by atoms with E-state index in [9.17, 15) is 9.59 Å². The summed E-state index contributed by atoms with van der Waals surface area (Å²) in [5.74, 6) is -0.236. The first-order chi connectivity index (χ1) is 9.56. The van der Waals surface area contributed by atoms with Crippen LogP contribution in [0.3, 0.4) is 0 Å². The molecule has 0 atom stereocenters. The number of carbonyl (C=O) groups excluding carboxylic acids is 2. The van der Waals surface area contributed by atoms with Gasteiger partial charge in [0.15, 0.2) is 0 Å². The molecule has 0 unspecified atom stereocenters. The Morgan fingerprint density at radius 2 is 1.75 bits per heavy atom. The Labute approximate surface area is 119 Å². The molecule has 0 aromatic heterocycles. The van der Waals surface area contributed by atoms with Crippen LogP contribution in [0.1, 0.15) is 46.0 Å². The van der Waals surface area contributed by atoms with Crippen LogP contribution in [0.15, 0.2) is 11.1 Å². The van der Waals surface area contributed by atoms with Gasteiger partial charge >= 0.3 is 0 Å². The minimum absolute atomic E-state index is 0.118. The van der Waals surface area contributed by atoms with Crippen molar-refractivity contribution in [1.82, 2.24) is 9.80 Å². The van der Waals surface area contributed by atoms with Crippen LogP contribution in [-0.4, -0.2) is 40.9 Å². The molecule has 0 aromatic carbocycles. The molecular formula is C15H21N3O2. The monoisotopic (exact) mass is 275 g/mol. The lowest BCUT2D eigenvalue weighted by Crippen LogP contribution is -2.45. The van der Waals surface area contributed by atoms with Gasteiger partial charge in [-0.15, -0.1) is 0 Å². The molecule has 0 radical (unpaired) electrons. The molecule has 0 saturated heterocycles. The highest BCUT2D eigenvalue weighted by Crippen LogP contribution is 2.33. The van der Waals surface area contributed by atoms with Crippen LogP contribution in [0.4, 0.5) is 0 Å². The zero-order chi connectivity index (χ0) is 14.7. The summed E-state index contributed by atoms with van der Waals surface area (Å²) in [6.07, 6.45) is 3.86. The van der Waals surface area contributed by atoms with E-state index in [0.29, 0.717) is 19.6 Å². The van der Waals surface area contributed by atoms with E-state index in [4.69, 9.17) is 5.26 Å². The molecule has 0 saturated carbocycles. The molecule has 2 aliphatic rings. The van der Waals surface area contributed by atoms with Gasteiger partial charge in [-0.1, -0.05) is 0 Å². The molecule has 5 heteroatoms. The average Bonchev–Trinajstić information content (AvgIpc) is 2.68. The number of nitrogens with zero attached hydrogens (tertiary/aromatic N) is 3. The van der Waals surface area contributed by atoms with Gasteiger partial charge in [-0.3, -0.25) is 19.4 Å². The second-order valence-electron chi connectivity index (χ2n) is 5.66. The highest BCUT2D eigenvalue weighted by atomic mass is 16.2. The fraction of sp³-hybridized carbons (Fsp3) is 0.667. The van der Waals surface area contributed by atoms with E-state index in [2.05, 4.69) is 6.07 Å². The molecule has 1 heterocycles. The van der Waals surface area contributed by atoms with Crippen molar-refractivity contribution in [2.75, 3.05) is 13.2 Å². The molecule has 0 bridgehead atoms. The van der Waals surface area contributed by atoms with Crippen LogP contribution in [0.2, 0.25) is 0 Å². The van der Waals surface area contributed by atoms with Crippen molar-refractivity contribution in [3.05, 3.63) is 11.1 Å². The van der Waals surface area contributed by atoms with Gasteiger partial charge in [0.25, 0.3) is 11.8 Å². The van der Waals surface area contributed by atoms with Crippen molar-refractivity contribution in [2.24, 2.45) is 0 Å². The molecule has 1 aliphatic heterocycles. The summed E-state index contributed by atoms with van der Waals surface area (Å²) >= 11 is 0. The third-order valence-electron chi connectivity index (χ3n) is 4.04. The largest absolute Gasteiger partial charge is 0.282 e. The van der Waals surface area contributed by atoms with E-state index < -0.39 is 0 Å². The van der Waals surface area contributed by atoms with E-state index in [1.807, 2.05) is 18.7 Å². The van der Waals surface area contributed by atoms with Gasteiger partial charge in [0.2, 0.25) is 0 Å². The van der Waals surface area contributed by atoms with Crippen molar-refractivity contribution in [1.29, 1.82) is 5.26 Å². The molecule has 108 valence electrons. The predicted molar refractivity (Wildman–Crippen MR) is 74.3 cm³/mol. The van der Waals surface area contributed by atoms with E-state index >= 15 is 0 Å². The van der Waals surface area contributed by atoms with E-state index in [1.165, 1.54) is 4.90 Å². The second-order valence-corrected chi connectivity index (χ2v) is 5.66. The van der Waals surface area contributed by atoms with Crippen LogP contribution in [0, 0.1) is 11.3 Å². The number of imide groups is 1. The summed E-state index contributed by atoms with van der Waals surface area (Å²) in [6.45, 7) is 4.89. The fourth-order valence-electron chi connectivity index (χ4n) is 2.79. The zero-order valence-corrected chi connectivity index (χ0v) is 12.2. The van der Waals surface area contributed by atoms with Crippen molar-refractivity contribution < 1.29 is 9.59 Å². The maximum absolute atomic E-state index is 12.3. The first-order valence-electron chi connectivity index (χ1n) is 7.25. The smallest absolute Gasteiger partial charge is 0.258 e. The normalized spacial score (nSPS) is 19.1. The summed E-state index contributed by atoms with van der Waals surface area (Å²) in [5.41, 5.74) is 1.45. The number of amides is 2. The minimum atomic E-state index is -0.118. The number of carbonyl (C=O) groups is 2. The molecule has 1 aliphatic carbocycles. The van der Waals surface area contributed by atoms with Crippen LogP contribution in [-0.2, 0) is 9.59 Å². The average molecular weight is 275 g/mol. The third kappa shape index (κ3) is 2.75. The van der Waals surface area contributed by atoms with Gasteiger partial charge in [-0.2, -0.15) is 5.26 Å². The van der Waals surface area contributed by atoms with E-state index in [0.717, 1.165) is 36.8 Å². The maximum atomic E-state index is 12.3. The maximum Gasteiger partial charge on any atom is 0.258 e. The highest BCUT2D eigenvalue weighted by molar-refractivity contribution is 6.19. The second kappa shape index (κ2) is 6.19. The molecular weight excluding hydrogens is 254 g/mol. The topological polar surface area (TPSA) is 64.4 Å². The van der Waals surface area contributed by atoms with Gasteiger partial charge in [-0.25, -0.2) is 0 Å². The molecule has 0 N–H and O–H groups in total. The molecule has 0 spiro atoms. The first kappa shape index (κ1) is 14.7. The zero-order valence-electron chi connectivity index (χ0n) is 12.2. The van der Waals surface area contributed by atoms with E-state index in [1.54, 1.807) is 0 Å². The summed E-state index contributed by atoms with van der Waals surface area (Å²) in [4.78, 5) is 28.0. The minimum Gasteiger partial charge on any atom is -0.282 e. The Morgan fingerprint density at radius 3 is 2.20 bits per heavy atom. The third-order valence-corrected chi connectivity index (χ3v) is 4.04. The Morgan fingerprint density at radius 1 is 1.20 bits per heavy atom.